The highest BCUT2D eigenvalue weighted by atomic mass is 79.9. The maximum atomic E-state index is 12.3. The van der Waals surface area contributed by atoms with Crippen LogP contribution in [0.5, 0.6) is 0 Å². The van der Waals surface area contributed by atoms with Crippen LogP contribution in [0.25, 0.3) is 0 Å². The van der Waals surface area contributed by atoms with E-state index in [0.717, 1.165) is 27.7 Å². The molecule has 0 fully saturated rings. The molecule has 0 bridgehead atoms. The summed E-state index contributed by atoms with van der Waals surface area (Å²) < 4.78 is 1.70. The topological polar surface area (TPSA) is 41.1 Å². The lowest BCUT2D eigenvalue weighted by Crippen LogP contribution is -2.13. The summed E-state index contributed by atoms with van der Waals surface area (Å²) in [6.45, 7) is 1.71. The van der Waals surface area contributed by atoms with Gasteiger partial charge in [-0.1, -0.05) is 12.1 Å². The van der Waals surface area contributed by atoms with Crippen molar-refractivity contribution < 1.29 is 4.79 Å². The molecule has 0 spiro atoms. The molecule has 3 nitrogen and oxygen atoms in total. The highest BCUT2D eigenvalue weighted by Crippen LogP contribution is 2.31. The summed E-state index contributed by atoms with van der Waals surface area (Å²) in [6.07, 6.45) is 0. The zero-order valence-electron chi connectivity index (χ0n) is 10.5. The molecule has 2 aromatic rings. The average Bonchev–Trinajstić information content (AvgIpc) is 2.90. The molecule has 1 aliphatic heterocycles. The highest BCUT2D eigenvalue weighted by molar-refractivity contribution is 9.11. The first-order chi connectivity index (χ1) is 9.65. The van der Waals surface area contributed by atoms with E-state index in [0.29, 0.717) is 5.56 Å². The van der Waals surface area contributed by atoms with Crippen molar-refractivity contribution in [2.75, 3.05) is 5.32 Å². The Hall–Kier alpha value is -1.17. The second-order valence-corrected chi connectivity index (χ2v) is 6.35. The molecule has 0 radical (unpaired) electrons. The molecule has 1 heterocycles. The number of rotatable bonds is 2. The number of amides is 1. The van der Waals surface area contributed by atoms with Gasteiger partial charge in [-0.2, -0.15) is 0 Å². The minimum absolute atomic E-state index is 0.104. The van der Waals surface area contributed by atoms with Crippen molar-refractivity contribution in [2.24, 2.45) is 0 Å². The van der Waals surface area contributed by atoms with E-state index in [9.17, 15) is 4.79 Å². The van der Waals surface area contributed by atoms with E-state index in [4.69, 9.17) is 0 Å². The minimum Gasteiger partial charge on any atom is -0.320 e. The van der Waals surface area contributed by atoms with Gasteiger partial charge in [-0.15, -0.1) is 0 Å². The van der Waals surface area contributed by atoms with Crippen LogP contribution in [0.2, 0.25) is 0 Å². The Kier molecular flexibility index (Phi) is 3.92. The number of fused-ring (bicyclic) bond motifs is 1. The number of anilines is 1. The summed E-state index contributed by atoms with van der Waals surface area (Å²) in [6, 6.07) is 11.5. The largest absolute Gasteiger partial charge is 0.320 e. The van der Waals surface area contributed by atoms with Gasteiger partial charge < -0.3 is 10.6 Å². The van der Waals surface area contributed by atoms with E-state index in [1.54, 1.807) is 0 Å². The minimum atomic E-state index is -0.104. The number of hydrogen-bond donors (Lipinski definition) is 2. The first kappa shape index (κ1) is 13.8. The number of hydrogen-bond acceptors (Lipinski definition) is 2. The second-order valence-electron chi connectivity index (χ2n) is 4.64. The normalized spacial score (nSPS) is 13.1. The molecule has 2 N–H and O–H groups in total. The Labute approximate surface area is 134 Å². The maximum Gasteiger partial charge on any atom is 0.255 e. The van der Waals surface area contributed by atoms with Gasteiger partial charge in [-0.3, -0.25) is 4.79 Å². The molecular formula is C15H12Br2N2O. The quantitative estimate of drug-likeness (QED) is 0.804. The number of halogens is 2. The van der Waals surface area contributed by atoms with Gasteiger partial charge in [0, 0.05) is 27.6 Å². The van der Waals surface area contributed by atoms with Crippen LogP contribution in [-0.2, 0) is 13.1 Å². The molecule has 2 aromatic carbocycles. The van der Waals surface area contributed by atoms with Gasteiger partial charge in [0.15, 0.2) is 0 Å². The summed E-state index contributed by atoms with van der Waals surface area (Å²) in [4.78, 5) is 12.3. The predicted octanol–water partition coefficient (Wildman–Crippen LogP) is 4.07. The SMILES string of the molecule is O=C(Nc1c(Br)cccc1Br)c1ccc2c(c1)CNC2. The highest BCUT2D eigenvalue weighted by Gasteiger charge is 2.15. The van der Waals surface area contributed by atoms with Crippen LogP contribution in [0.15, 0.2) is 45.3 Å². The average molecular weight is 396 g/mol. The second kappa shape index (κ2) is 5.68. The van der Waals surface area contributed by atoms with Gasteiger partial charge in [-0.25, -0.2) is 0 Å². The van der Waals surface area contributed by atoms with Gasteiger partial charge in [0.05, 0.1) is 5.69 Å². The lowest BCUT2D eigenvalue weighted by atomic mass is 10.1. The van der Waals surface area contributed by atoms with E-state index in [-0.39, 0.29) is 5.91 Å². The molecule has 0 atom stereocenters. The molecule has 5 heteroatoms. The summed E-state index contributed by atoms with van der Waals surface area (Å²) in [7, 11) is 0. The van der Waals surface area contributed by atoms with Crippen molar-refractivity contribution in [3.8, 4) is 0 Å². The van der Waals surface area contributed by atoms with Gasteiger partial charge in [0.25, 0.3) is 5.91 Å². The zero-order valence-corrected chi connectivity index (χ0v) is 13.7. The molecule has 0 unspecified atom stereocenters. The molecule has 1 amide bonds. The van der Waals surface area contributed by atoms with Crippen molar-refractivity contribution in [1.29, 1.82) is 0 Å². The molecule has 0 aromatic heterocycles. The Morgan fingerprint density at radius 3 is 2.50 bits per heavy atom. The third-order valence-corrected chi connectivity index (χ3v) is 4.62. The molecule has 102 valence electrons. The van der Waals surface area contributed by atoms with Crippen LogP contribution in [0.1, 0.15) is 21.5 Å². The molecule has 3 rings (SSSR count). The van der Waals surface area contributed by atoms with Crippen LogP contribution >= 0.6 is 31.9 Å². The van der Waals surface area contributed by atoms with Gasteiger partial charge in [0.2, 0.25) is 0 Å². The van der Waals surface area contributed by atoms with Crippen molar-refractivity contribution >= 4 is 43.5 Å². The third-order valence-electron chi connectivity index (χ3n) is 3.30. The molecule has 20 heavy (non-hydrogen) atoms. The molecular weight excluding hydrogens is 384 g/mol. The third kappa shape index (κ3) is 2.66. The summed E-state index contributed by atoms with van der Waals surface area (Å²) in [5, 5.41) is 6.21. The maximum absolute atomic E-state index is 12.3. The van der Waals surface area contributed by atoms with Crippen molar-refractivity contribution in [1.82, 2.24) is 5.32 Å². The molecule has 0 aliphatic carbocycles. The fraction of sp³-hybridized carbons (Fsp3) is 0.133. The van der Waals surface area contributed by atoms with Gasteiger partial charge in [0.1, 0.15) is 0 Å². The standard InChI is InChI=1S/C15H12Br2N2O/c16-12-2-1-3-13(17)14(12)19-15(20)9-4-5-10-7-18-8-11(10)6-9/h1-6,18H,7-8H2,(H,19,20). The molecule has 1 aliphatic rings. The van der Waals surface area contributed by atoms with Crippen molar-refractivity contribution in [3.63, 3.8) is 0 Å². The Bertz CT molecular complexity index is 665. The van der Waals surface area contributed by atoms with Crippen LogP contribution in [0, 0.1) is 0 Å². The van der Waals surface area contributed by atoms with Gasteiger partial charge in [-0.05, 0) is 67.3 Å². The van der Waals surface area contributed by atoms with Gasteiger partial charge >= 0.3 is 0 Å². The van der Waals surface area contributed by atoms with E-state index in [1.807, 2.05) is 36.4 Å². The molecule has 0 saturated carbocycles. The smallest absolute Gasteiger partial charge is 0.255 e. The molecule has 0 saturated heterocycles. The fourth-order valence-electron chi connectivity index (χ4n) is 2.24. The summed E-state index contributed by atoms with van der Waals surface area (Å²) in [5.41, 5.74) is 3.89. The first-order valence-corrected chi connectivity index (χ1v) is 7.81. The first-order valence-electron chi connectivity index (χ1n) is 6.23. The number of para-hydroxylation sites is 1. The van der Waals surface area contributed by atoms with E-state index >= 15 is 0 Å². The monoisotopic (exact) mass is 394 g/mol. The Morgan fingerprint density at radius 2 is 1.75 bits per heavy atom. The number of nitrogens with one attached hydrogen (secondary N) is 2. The lowest BCUT2D eigenvalue weighted by Gasteiger charge is -2.10. The van der Waals surface area contributed by atoms with E-state index < -0.39 is 0 Å². The van der Waals surface area contributed by atoms with Crippen LogP contribution in [0.4, 0.5) is 5.69 Å². The lowest BCUT2D eigenvalue weighted by molar-refractivity contribution is 0.102. The fourth-order valence-corrected chi connectivity index (χ4v) is 3.44. The number of benzene rings is 2. The Balaban J connectivity index is 1.86. The number of carbonyl (C=O) groups is 1. The van der Waals surface area contributed by atoms with Crippen LogP contribution in [-0.4, -0.2) is 5.91 Å². The number of carbonyl (C=O) groups excluding carboxylic acids is 1. The van der Waals surface area contributed by atoms with Crippen molar-refractivity contribution in [3.05, 3.63) is 62.0 Å². The van der Waals surface area contributed by atoms with E-state index in [1.165, 1.54) is 11.1 Å². The predicted molar refractivity (Wildman–Crippen MR) is 86.8 cm³/mol. The van der Waals surface area contributed by atoms with E-state index in [2.05, 4.69) is 42.5 Å². The zero-order chi connectivity index (χ0) is 14.1. The van der Waals surface area contributed by atoms with Crippen molar-refractivity contribution in [2.45, 2.75) is 13.1 Å². The van der Waals surface area contributed by atoms with Crippen LogP contribution in [0.3, 0.4) is 0 Å². The summed E-state index contributed by atoms with van der Waals surface area (Å²) >= 11 is 6.89. The van der Waals surface area contributed by atoms with Crippen LogP contribution < -0.4 is 10.6 Å². The summed E-state index contributed by atoms with van der Waals surface area (Å²) in [5.74, 6) is -0.104. The Morgan fingerprint density at radius 1 is 1.05 bits per heavy atom.